The minimum absolute atomic E-state index is 0.363. The maximum atomic E-state index is 5.40. The van der Waals surface area contributed by atoms with E-state index in [9.17, 15) is 0 Å². The Labute approximate surface area is 103 Å². The highest BCUT2D eigenvalue weighted by Gasteiger charge is 2.22. The first-order chi connectivity index (χ1) is 8.16. The highest BCUT2D eigenvalue weighted by atomic mass is 16.5. The third-order valence-corrected chi connectivity index (χ3v) is 3.71. The van der Waals surface area contributed by atoms with Crippen molar-refractivity contribution in [1.82, 2.24) is 15.1 Å². The smallest absolute Gasteiger partial charge is 0.0537 e. The molecular formula is C13H23N3O. The first-order valence-corrected chi connectivity index (χ1v) is 6.49. The Morgan fingerprint density at radius 2 is 2.12 bits per heavy atom. The van der Waals surface area contributed by atoms with E-state index in [-0.39, 0.29) is 0 Å². The van der Waals surface area contributed by atoms with Crippen LogP contribution < -0.4 is 5.32 Å². The molecule has 1 aromatic heterocycles. The van der Waals surface area contributed by atoms with Crippen molar-refractivity contribution in [1.29, 1.82) is 0 Å². The SMILES string of the molecule is CC(NC(C)C1CCOCC1)c1cnn(C)c1. The molecule has 2 atom stereocenters. The standard InChI is InChI=1S/C13H23N3O/c1-10(12-4-6-17-7-5-12)15-11(2)13-8-14-16(3)9-13/h8-12,15H,4-7H2,1-3H3. The van der Waals surface area contributed by atoms with Crippen LogP contribution in [0.1, 0.15) is 38.3 Å². The highest BCUT2D eigenvalue weighted by molar-refractivity contribution is 5.09. The van der Waals surface area contributed by atoms with Gasteiger partial charge in [0, 0.05) is 44.1 Å². The zero-order valence-electron chi connectivity index (χ0n) is 11.0. The largest absolute Gasteiger partial charge is 0.381 e. The molecule has 0 spiro atoms. The lowest BCUT2D eigenvalue weighted by molar-refractivity contribution is 0.0547. The van der Waals surface area contributed by atoms with Gasteiger partial charge in [-0.25, -0.2) is 0 Å². The average Bonchev–Trinajstić information content (AvgIpc) is 2.77. The number of aromatic nitrogens is 2. The molecular weight excluding hydrogens is 214 g/mol. The van der Waals surface area contributed by atoms with E-state index >= 15 is 0 Å². The zero-order valence-corrected chi connectivity index (χ0v) is 11.0. The van der Waals surface area contributed by atoms with E-state index < -0.39 is 0 Å². The van der Waals surface area contributed by atoms with Gasteiger partial charge in [0.25, 0.3) is 0 Å². The van der Waals surface area contributed by atoms with Gasteiger partial charge >= 0.3 is 0 Å². The van der Waals surface area contributed by atoms with Crippen molar-refractivity contribution in [2.75, 3.05) is 13.2 Å². The molecule has 1 N–H and O–H groups in total. The lowest BCUT2D eigenvalue weighted by Crippen LogP contribution is -2.38. The monoisotopic (exact) mass is 237 g/mol. The van der Waals surface area contributed by atoms with Crippen LogP contribution in [0.2, 0.25) is 0 Å². The molecule has 17 heavy (non-hydrogen) atoms. The Morgan fingerprint density at radius 3 is 2.71 bits per heavy atom. The van der Waals surface area contributed by atoms with Gasteiger partial charge in [0.15, 0.2) is 0 Å². The van der Waals surface area contributed by atoms with Crippen molar-refractivity contribution in [3.63, 3.8) is 0 Å². The van der Waals surface area contributed by atoms with Gasteiger partial charge in [-0.3, -0.25) is 4.68 Å². The van der Waals surface area contributed by atoms with E-state index in [0.717, 1.165) is 19.1 Å². The molecule has 1 aromatic rings. The van der Waals surface area contributed by atoms with Gasteiger partial charge in [-0.05, 0) is 32.6 Å². The summed E-state index contributed by atoms with van der Waals surface area (Å²) in [6.07, 6.45) is 6.37. The molecule has 1 saturated heterocycles. The van der Waals surface area contributed by atoms with Crippen LogP contribution in [-0.4, -0.2) is 29.0 Å². The second-order valence-corrected chi connectivity index (χ2v) is 5.07. The summed E-state index contributed by atoms with van der Waals surface area (Å²) in [6.45, 7) is 6.31. The predicted molar refractivity (Wildman–Crippen MR) is 67.8 cm³/mol. The first kappa shape index (κ1) is 12.6. The fourth-order valence-electron chi connectivity index (χ4n) is 2.51. The molecule has 2 heterocycles. The summed E-state index contributed by atoms with van der Waals surface area (Å²) in [5.41, 5.74) is 1.26. The fourth-order valence-corrected chi connectivity index (χ4v) is 2.51. The Balaban J connectivity index is 1.87. The van der Waals surface area contributed by atoms with Crippen molar-refractivity contribution < 1.29 is 4.74 Å². The average molecular weight is 237 g/mol. The van der Waals surface area contributed by atoms with Gasteiger partial charge in [-0.1, -0.05) is 0 Å². The Morgan fingerprint density at radius 1 is 1.41 bits per heavy atom. The quantitative estimate of drug-likeness (QED) is 0.869. The molecule has 2 rings (SSSR count). The molecule has 0 saturated carbocycles. The van der Waals surface area contributed by atoms with Gasteiger partial charge in [-0.15, -0.1) is 0 Å². The van der Waals surface area contributed by atoms with E-state index in [1.54, 1.807) is 0 Å². The van der Waals surface area contributed by atoms with Gasteiger partial charge in [0.05, 0.1) is 6.20 Å². The van der Waals surface area contributed by atoms with Gasteiger partial charge in [0.2, 0.25) is 0 Å². The Kier molecular flexibility index (Phi) is 4.18. The van der Waals surface area contributed by atoms with Crippen LogP contribution in [0.15, 0.2) is 12.4 Å². The topological polar surface area (TPSA) is 39.1 Å². The molecule has 0 amide bonds. The molecule has 2 unspecified atom stereocenters. The third kappa shape index (κ3) is 3.30. The fraction of sp³-hybridized carbons (Fsp3) is 0.769. The second kappa shape index (κ2) is 5.65. The van der Waals surface area contributed by atoms with Gasteiger partial charge in [0.1, 0.15) is 0 Å². The number of hydrogen-bond donors (Lipinski definition) is 1. The van der Waals surface area contributed by atoms with E-state index in [1.807, 2.05) is 17.9 Å². The highest BCUT2D eigenvalue weighted by Crippen LogP contribution is 2.21. The van der Waals surface area contributed by atoms with Crippen LogP contribution in [0.3, 0.4) is 0 Å². The summed E-state index contributed by atoms with van der Waals surface area (Å²) in [5.74, 6) is 0.739. The van der Waals surface area contributed by atoms with Crippen LogP contribution >= 0.6 is 0 Å². The molecule has 1 aliphatic heterocycles. The summed E-state index contributed by atoms with van der Waals surface area (Å²) in [7, 11) is 1.96. The van der Waals surface area contributed by atoms with E-state index in [2.05, 4.69) is 30.5 Å². The molecule has 1 aliphatic rings. The number of ether oxygens (including phenoxy) is 1. The minimum Gasteiger partial charge on any atom is -0.381 e. The van der Waals surface area contributed by atoms with Crippen molar-refractivity contribution in [3.05, 3.63) is 18.0 Å². The summed E-state index contributed by atoms with van der Waals surface area (Å²) in [6, 6.07) is 0.899. The summed E-state index contributed by atoms with van der Waals surface area (Å²) < 4.78 is 7.26. The van der Waals surface area contributed by atoms with Gasteiger partial charge in [-0.2, -0.15) is 5.10 Å². The Hall–Kier alpha value is -0.870. The third-order valence-electron chi connectivity index (χ3n) is 3.71. The van der Waals surface area contributed by atoms with Crippen LogP contribution in [0.4, 0.5) is 0 Å². The Bertz CT molecular complexity index is 344. The summed E-state index contributed by atoms with van der Waals surface area (Å²) >= 11 is 0. The lowest BCUT2D eigenvalue weighted by Gasteiger charge is -2.30. The molecule has 0 aliphatic carbocycles. The lowest BCUT2D eigenvalue weighted by atomic mass is 9.92. The summed E-state index contributed by atoms with van der Waals surface area (Å²) in [4.78, 5) is 0. The molecule has 0 bridgehead atoms. The first-order valence-electron chi connectivity index (χ1n) is 6.49. The van der Waals surface area contributed by atoms with Crippen LogP contribution in [0, 0.1) is 5.92 Å². The maximum absolute atomic E-state index is 5.40. The number of aryl methyl sites for hydroxylation is 1. The molecule has 0 aromatic carbocycles. The van der Waals surface area contributed by atoms with Crippen LogP contribution in [-0.2, 0) is 11.8 Å². The van der Waals surface area contributed by atoms with Gasteiger partial charge < -0.3 is 10.1 Å². The summed E-state index contributed by atoms with van der Waals surface area (Å²) in [5, 5.41) is 7.88. The second-order valence-electron chi connectivity index (χ2n) is 5.07. The molecule has 96 valence electrons. The normalized spacial score (nSPS) is 21.4. The zero-order chi connectivity index (χ0) is 12.3. The van der Waals surface area contributed by atoms with Crippen molar-refractivity contribution in [3.8, 4) is 0 Å². The predicted octanol–water partition coefficient (Wildman–Crippen LogP) is 1.89. The van der Waals surface area contributed by atoms with Crippen molar-refractivity contribution >= 4 is 0 Å². The molecule has 4 nitrogen and oxygen atoms in total. The number of nitrogens with one attached hydrogen (secondary N) is 1. The molecule has 1 fully saturated rings. The van der Waals surface area contributed by atoms with Crippen molar-refractivity contribution in [2.24, 2.45) is 13.0 Å². The molecule has 4 heteroatoms. The van der Waals surface area contributed by atoms with Crippen LogP contribution in [0.25, 0.3) is 0 Å². The molecule has 0 radical (unpaired) electrons. The maximum Gasteiger partial charge on any atom is 0.0537 e. The number of hydrogen-bond acceptors (Lipinski definition) is 3. The van der Waals surface area contributed by atoms with Crippen molar-refractivity contribution in [2.45, 2.75) is 38.8 Å². The number of nitrogens with zero attached hydrogens (tertiary/aromatic N) is 2. The van der Waals surface area contributed by atoms with E-state index in [1.165, 1.54) is 18.4 Å². The van der Waals surface area contributed by atoms with Crippen LogP contribution in [0.5, 0.6) is 0 Å². The minimum atomic E-state index is 0.363. The van der Waals surface area contributed by atoms with E-state index in [4.69, 9.17) is 4.74 Å². The van der Waals surface area contributed by atoms with E-state index in [0.29, 0.717) is 12.1 Å². The number of rotatable bonds is 4.